The number of carbonyl (C=O) groups excluding carboxylic acids is 1. The fourth-order valence-electron chi connectivity index (χ4n) is 3.16. The molecular weight excluding hydrogens is 334 g/mol. The molecular formula is C18H27N5OS. The molecule has 0 aromatic carbocycles. The summed E-state index contributed by atoms with van der Waals surface area (Å²) in [5.41, 5.74) is 0. The van der Waals surface area contributed by atoms with E-state index < -0.39 is 0 Å². The van der Waals surface area contributed by atoms with Gasteiger partial charge in [0.05, 0.1) is 12.6 Å². The summed E-state index contributed by atoms with van der Waals surface area (Å²) in [4.78, 5) is 22.6. The molecule has 3 heterocycles. The smallest absolute Gasteiger partial charge is 0.317 e. The number of hydrogen-bond donors (Lipinski definition) is 1. The van der Waals surface area contributed by atoms with E-state index in [-0.39, 0.29) is 12.1 Å². The van der Waals surface area contributed by atoms with E-state index in [0.717, 1.165) is 51.4 Å². The van der Waals surface area contributed by atoms with Gasteiger partial charge in [-0.1, -0.05) is 19.4 Å². The Morgan fingerprint density at radius 3 is 2.76 bits per heavy atom. The molecule has 1 aliphatic heterocycles. The average Bonchev–Trinajstić information content (AvgIpc) is 3.28. The number of thiophene rings is 1. The van der Waals surface area contributed by atoms with Gasteiger partial charge >= 0.3 is 6.03 Å². The van der Waals surface area contributed by atoms with Crippen molar-refractivity contribution in [3.8, 4) is 0 Å². The number of piperazine rings is 1. The van der Waals surface area contributed by atoms with Crippen LogP contribution in [-0.2, 0) is 13.6 Å². The van der Waals surface area contributed by atoms with Crippen molar-refractivity contribution in [1.29, 1.82) is 0 Å². The largest absolute Gasteiger partial charge is 0.337 e. The fraction of sp³-hybridized carbons (Fsp3) is 0.556. The third-order valence-electron chi connectivity index (χ3n) is 4.71. The van der Waals surface area contributed by atoms with Gasteiger partial charge in [0.2, 0.25) is 0 Å². The van der Waals surface area contributed by atoms with E-state index in [1.165, 1.54) is 4.88 Å². The van der Waals surface area contributed by atoms with Crippen molar-refractivity contribution in [2.75, 3.05) is 26.2 Å². The van der Waals surface area contributed by atoms with Gasteiger partial charge in [-0.15, -0.1) is 11.3 Å². The normalized spacial score (nSPS) is 16.8. The number of aromatic nitrogens is 2. The molecule has 1 aliphatic rings. The van der Waals surface area contributed by atoms with Crippen LogP contribution in [0.25, 0.3) is 0 Å². The van der Waals surface area contributed by atoms with Crippen LogP contribution in [0.15, 0.2) is 29.9 Å². The fourth-order valence-corrected chi connectivity index (χ4v) is 3.97. The summed E-state index contributed by atoms with van der Waals surface area (Å²) < 4.78 is 2.05. The average molecular weight is 362 g/mol. The van der Waals surface area contributed by atoms with Crippen molar-refractivity contribution < 1.29 is 4.79 Å². The first kappa shape index (κ1) is 17.9. The summed E-state index contributed by atoms with van der Waals surface area (Å²) in [5, 5.41) is 5.29. The number of aryl methyl sites for hydroxylation is 1. The van der Waals surface area contributed by atoms with Gasteiger partial charge in [-0.05, 0) is 17.9 Å². The molecule has 1 saturated heterocycles. The lowest BCUT2D eigenvalue weighted by Crippen LogP contribution is -2.52. The van der Waals surface area contributed by atoms with E-state index in [1.807, 2.05) is 30.4 Å². The zero-order valence-corrected chi connectivity index (χ0v) is 15.8. The van der Waals surface area contributed by atoms with Crippen LogP contribution >= 0.6 is 11.3 Å². The van der Waals surface area contributed by atoms with E-state index in [9.17, 15) is 4.79 Å². The summed E-state index contributed by atoms with van der Waals surface area (Å²) in [6, 6.07) is 4.34. The number of nitrogens with one attached hydrogen (secondary N) is 1. The van der Waals surface area contributed by atoms with Gasteiger partial charge in [-0.2, -0.15) is 0 Å². The molecule has 1 atom stereocenters. The second kappa shape index (κ2) is 8.49. The van der Waals surface area contributed by atoms with E-state index in [2.05, 4.69) is 38.1 Å². The van der Waals surface area contributed by atoms with E-state index in [0.29, 0.717) is 0 Å². The predicted molar refractivity (Wildman–Crippen MR) is 101 cm³/mol. The Balaban J connectivity index is 1.50. The van der Waals surface area contributed by atoms with Gasteiger partial charge in [0.25, 0.3) is 0 Å². The van der Waals surface area contributed by atoms with Crippen LogP contribution in [0.1, 0.15) is 36.5 Å². The van der Waals surface area contributed by atoms with Gasteiger partial charge in [-0.3, -0.25) is 4.90 Å². The molecule has 0 spiro atoms. The van der Waals surface area contributed by atoms with Crippen LogP contribution in [0.5, 0.6) is 0 Å². The Morgan fingerprint density at radius 2 is 2.16 bits per heavy atom. The third kappa shape index (κ3) is 4.61. The Bertz CT molecular complexity index is 661. The molecule has 3 rings (SSSR count). The molecule has 2 aromatic rings. The molecule has 2 aromatic heterocycles. The van der Waals surface area contributed by atoms with E-state index in [1.54, 1.807) is 11.3 Å². The Hall–Kier alpha value is -1.86. The lowest BCUT2D eigenvalue weighted by atomic mass is 10.1. The highest BCUT2D eigenvalue weighted by molar-refractivity contribution is 7.10. The minimum Gasteiger partial charge on any atom is -0.337 e. The maximum atomic E-state index is 12.6. The minimum absolute atomic E-state index is 0.0588. The number of urea groups is 1. The highest BCUT2D eigenvalue weighted by Gasteiger charge is 2.24. The molecule has 7 heteroatoms. The summed E-state index contributed by atoms with van der Waals surface area (Å²) in [6.07, 6.45) is 5.83. The van der Waals surface area contributed by atoms with Gasteiger partial charge in [0, 0.05) is 50.5 Å². The highest BCUT2D eigenvalue weighted by atomic mass is 32.1. The van der Waals surface area contributed by atoms with Crippen molar-refractivity contribution in [3.63, 3.8) is 0 Å². The van der Waals surface area contributed by atoms with Gasteiger partial charge in [0.1, 0.15) is 5.82 Å². The first-order chi connectivity index (χ1) is 12.2. The standard InChI is InChI=1S/C18H27N5OS/c1-3-5-15(16-6-4-13-25-16)20-18(24)23-11-9-22(10-12-23)14-17-19-7-8-21(17)2/h4,6-8,13,15H,3,5,9-12,14H2,1-2H3,(H,20,24)/t15-/m0/s1. The van der Waals surface area contributed by atoms with Gasteiger partial charge < -0.3 is 14.8 Å². The summed E-state index contributed by atoms with van der Waals surface area (Å²) in [5.74, 6) is 1.07. The molecule has 2 amide bonds. The monoisotopic (exact) mass is 361 g/mol. The number of carbonyl (C=O) groups is 1. The lowest BCUT2D eigenvalue weighted by molar-refractivity contribution is 0.130. The molecule has 25 heavy (non-hydrogen) atoms. The number of amides is 2. The van der Waals surface area contributed by atoms with Crippen molar-refractivity contribution >= 4 is 17.4 Å². The predicted octanol–water partition coefficient (Wildman–Crippen LogP) is 2.85. The van der Waals surface area contributed by atoms with E-state index >= 15 is 0 Å². The third-order valence-corrected chi connectivity index (χ3v) is 5.69. The van der Waals surface area contributed by atoms with Crippen LogP contribution in [-0.4, -0.2) is 51.6 Å². The molecule has 0 aliphatic carbocycles. The number of hydrogen-bond acceptors (Lipinski definition) is 4. The summed E-state index contributed by atoms with van der Waals surface area (Å²) in [7, 11) is 2.02. The van der Waals surface area contributed by atoms with E-state index in [4.69, 9.17) is 0 Å². The van der Waals surface area contributed by atoms with Gasteiger partial charge in [0.15, 0.2) is 0 Å². The molecule has 6 nitrogen and oxygen atoms in total. The van der Waals surface area contributed by atoms with Crippen LogP contribution in [0, 0.1) is 0 Å². The summed E-state index contributed by atoms with van der Waals surface area (Å²) in [6.45, 7) is 6.30. The number of imidazole rings is 1. The van der Waals surface area contributed by atoms with Crippen LogP contribution < -0.4 is 5.32 Å². The Morgan fingerprint density at radius 1 is 1.36 bits per heavy atom. The van der Waals surface area contributed by atoms with Crippen LogP contribution in [0.2, 0.25) is 0 Å². The topological polar surface area (TPSA) is 53.4 Å². The molecule has 0 saturated carbocycles. The zero-order valence-electron chi connectivity index (χ0n) is 15.0. The SMILES string of the molecule is CCC[C@H](NC(=O)N1CCN(Cc2nccn2C)CC1)c1cccs1. The molecule has 0 radical (unpaired) electrons. The lowest BCUT2D eigenvalue weighted by Gasteiger charge is -2.35. The quantitative estimate of drug-likeness (QED) is 0.861. The molecule has 136 valence electrons. The second-order valence-electron chi connectivity index (χ2n) is 6.52. The summed E-state index contributed by atoms with van der Waals surface area (Å²) >= 11 is 1.71. The molecule has 0 bridgehead atoms. The van der Waals surface area contributed by atoms with Gasteiger partial charge in [-0.25, -0.2) is 9.78 Å². The first-order valence-corrected chi connectivity index (χ1v) is 9.82. The Labute approximate surface area is 153 Å². The maximum Gasteiger partial charge on any atom is 0.317 e. The van der Waals surface area contributed by atoms with Crippen LogP contribution in [0.3, 0.4) is 0 Å². The second-order valence-corrected chi connectivity index (χ2v) is 7.50. The Kier molecular flexibility index (Phi) is 6.09. The van der Waals surface area contributed by atoms with Crippen molar-refractivity contribution in [2.45, 2.75) is 32.4 Å². The minimum atomic E-state index is 0.0588. The number of rotatable bonds is 6. The molecule has 0 unspecified atom stereocenters. The zero-order chi connectivity index (χ0) is 17.6. The first-order valence-electron chi connectivity index (χ1n) is 8.94. The maximum absolute atomic E-state index is 12.6. The highest BCUT2D eigenvalue weighted by Crippen LogP contribution is 2.23. The van der Waals surface area contributed by atoms with Crippen molar-refractivity contribution in [1.82, 2.24) is 24.7 Å². The van der Waals surface area contributed by atoms with Crippen molar-refractivity contribution in [2.24, 2.45) is 7.05 Å². The van der Waals surface area contributed by atoms with Crippen molar-refractivity contribution in [3.05, 3.63) is 40.6 Å². The molecule has 1 fully saturated rings. The van der Waals surface area contributed by atoms with Crippen LogP contribution in [0.4, 0.5) is 4.79 Å². The number of nitrogens with zero attached hydrogens (tertiary/aromatic N) is 4. The molecule has 1 N–H and O–H groups in total.